The second kappa shape index (κ2) is 8.29. The molecule has 1 amide bonds. The summed E-state index contributed by atoms with van der Waals surface area (Å²) in [6.45, 7) is 3.75. The standard InChI is InChI=1S/C17H26N2O4/c1-13-4-3-5-15(10-13)23-12-14(20)11-19-16(21)17(22-2)6-8-18-9-7-17/h3-5,10,14,18,20H,6-9,11-12H2,1-2H3,(H,19,21). The average Bonchev–Trinajstić information content (AvgIpc) is 2.58. The van der Waals surface area contributed by atoms with Gasteiger partial charge >= 0.3 is 0 Å². The van der Waals surface area contributed by atoms with E-state index in [4.69, 9.17) is 9.47 Å². The van der Waals surface area contributed by atoms with Crippen molar-refractivity contribution in [2.45, 2.75) is 31.5 Å². The number of hydrogen-bond acceptors (Lipinski definition) is 5. The lowest BCUT2D eigenvalue weighted by atomic mass is 9.91. The van der Waals surface area contributed by atoms with Crippen LogP contribution in [0.1, 0.15) is 18.4 Å². The van der Waals surface area contributed by atoms with Crippen LogP contribution in [0.2, 0.25) is 0 Å². The molecule has 0 aliphatic carbocycles. The summed E-state index contributed by atoms with van der Waals surface area (Å²) in [5.74, 6) is 0.540. The molecule has 1 aromatic rings. The van der Waals surface area contributed by atoms with E-state index in [0.29, 0.717) is 18.6 Å². The minimum Gasteiger partial charge on any atom is -0.491 e. The minimum absolute atomic E-state index is 0.130. The zero-order valence-electron chi connectivity index (χ0n) is 13.8. The number of hydrogen-bond donors (Lipinski definition) is 3. The predicted molar refractivity (Wildman–Crippen MR) is 87.5 cm³/mol. The van der Waals surface area contributed by atoms with Gasteiger partial charge in [-0.05, 0) is 50.6 Å². The average molecular weight is 322 g/mol. The Labute approximate surface area is 137 Å². The van der Waals surface area contributed by atoms with Crippen molar-refractivity contribution in [1.82, 2.24) is 10.6 Å². The van der Waals surface area contributed by atoms with Crippen LogP contribution in [0.3, 0.4) is 0 Å². The largest absolute Gasteiger partial charge is 0.491 e. The third-order valence-electron chi connectivity index (χ3n) is 4.15. The summed E-state index contributed by atoms with van der Waals surface area (Å²) in [6, 6.07) is 7.62. The highest BCUT2D eigenvalue weighted by molar-refractivity contribution is 5.85. The highest BCUT2D eigenvalue weighted by atomic mass is 16.5. The van der Waals surface area contributed by atoms with Crippen molar-refractivity contribution >= 4 is 5.91 Å². The van der Waals surface area contributed by atoms with Gasteiger partial charge in [-0.3, -0.25) is 4.79 Å². The lowest BCUT2D eigenvalue weighted by molar-refractivity contribution is -0.147. The number of rotatable bonds is 7. The van der Waals surface area contributed by atoms with Gasteiger partial charge < -0.3 is 25.2 Å². The van der Waals surface area contributed by atoms with Crippen LogP contribution in [0.15, 0.2) is 24.3 Å². The summed E-state index contributed by atoms with van der Waals surface area (Å²) in [6.07, 6.45) is 0.492. The first-order valence-corrected chi connectivity index (χ1v) is 7.97. The van der Waals surface area contributed by atoms with Crippen LogP contribution in [-0.4, -0.2) is 56.1 Å². The molecule has 23 heavy (non-hydrogen) atoms. The van der Waals surface area contributed by atoms with Gasteiger partial charge in [-0.15, -0.1) is 0 Å². The van der Waals surface area contributed by atoms with E-state index in [1.807, 2.05) is 31.2 Å². The summed E-state index contributed by atoms with van der Waals surface area (Å²) >= 11 is 0. The fourth-order valence-electron chi connectivity index (χ4n) is 2.68. The molecule has 1 heterocycles. The number of piperidine rings is 1. The molecule has 0 aromatic heterocycles. The summed E-state index contributed by atoms with van der Waals surface area (Å²) in [5.41, 5.74) is 0.306. The maximum absolute atomic E-state index is 12.4. The zero-order valence-corrected chi connectivity index (χ0v) is 13.8. The van der Waals surface area contributed by atoms with Crippen LogP contribution < -0.4 is 15.4 Å². The van der Waals surface area contributed by atoms with E-state index in [-0.39, 0.29) is 19.1 Å². The maximum Gasteiger partial charge on any atom is 0.252 e. The Kier molecular flexibility index (Phi) is 6.38. The first-order valence-electron chi connectivity index (χ1n) is 7.97. The van der Waals surface area contributed by atoms with Gasteiger partial charge in [0.15, 0.2) is 0 Å². The monoisotopic (exact) mass is 322 g/mol. The van der Waals surface area contributed by atoms with Crippen LogP contribution in [0.5, 0.6) is 5.75 Å². The van der Waals surface area contributed by atoms with E-state index in [1.54, 1.807) is 7.11 Å². The van der Waals surface area contributed by atoms with E-state index in [9.17, 15) is 9.90 Å². The molecule has 0 saturated carbocycles. The molecule has 3 N–H and O–H groups in total. The SMILES string of the molecule is COC1(C(=O)NCC(O)COc2cccc(C)c2)CCNCC1. The molecule has 0 spiro atoms. The van der Waals surface area contributed by atoms with Crippen molar-refractivity contribution in [2.24, 2.45) is 0 Å². The van der Waals surface area contributed by atoms with Gasteiger partial charge in [0.1, 0.15) is 24.1 Å². The molecular formula is C17H26N2O4. The molecule has 1 atom stereocenters. The van der Waals surface area contributed by atoms with Gasteiger partial charge in [-0.2, -0.15) is 0 Å². The number of aliphatic hydroxyl groups is 1. The molecule has 1 aromatic carbocycles. The van der Waals surface area contributed by atoms with E-state index in [2.05, 4.69) is 10.6 Å². The van der Waals surface area contributed by atoms with Crippen molar-refractivity contribution < 1.29 is 19.4 Å². The van der Waals surface area contributed by atoms with Gasteiger partial charge in [-0.1, -0.05) is 12.1 Å². The molecule has 2 rings (SSSR count). The van der Waals surface area contributed by atoms with E-state index in [0.717, 1.165) is 18.7 Å². The lowest BCUT2D eigenvalue weighted by Crippen LogP contribution is -2.55. The van der Waals surface area contributed by atoms with Gasteiger partial charge in [0.05, 0.1) is 0 Å². The third kappa shape index (κ3) is 4.92. The molecule has 1 fully saturated rings. The Hall–Kier alpha value is -1.63. The summed E-state index contributed by atoms with van der Waals surface area (Å²) < 4.78 is 11.0. The minimum atomic E-state index is -0.789. The van der Waals surface area contributed by atoms with Gasteiger partial charge in [0.2, 0.25) is 0 Å². The van der Waals surface area contributed by atoms with Crippen LogP contribution in [0.4, 0.5) is 0 Å². The Morgan fingerprint density at radius 3 is 2.83 bits per heavy atom. The maximum atomic E-state index is 12.4. The summed E-state index contributed by atoms with van der Waals surface area (Å²) in [4.78, 5) is 12.4. The highest BCUT2D eigenvalue weighted by Gasteiger charge is 2.39. The molecule has 1 saturated heterocycles. The Bertz CT molecular complexity index is 515. The number of carbonyl (C=O) groups is 1. The van der Waals surface area contributed by atoms with Crippen LogP contribution in [0.25, 0.3) is 0 Å². The second-order valence-electron chi connectivity index (χ2n) is 5.94. The van der Waals surface area contributed by atoms with Crippen molar-refractivity contribution in [3.8, 4) is 5.75 Å². The smallest absolute Gasteiger partial charge is 0.252 e. The molecular weight excluding hydrogens is 296 g/mol. The second-order valence-corrected chi connectivity index (χ2v) is 5.94. The number of benzene rings is 1. The number of aryl methyl sites for hydroxylation is 1. The van der Waals surface area contributed by atoms with E-state index >= 15 is 0 Å². The molecule has 1 unspecified atom stereocenters. The van der Waals surface area contributed by atoms with Crippen molar-refractivity contribution in [2.75, 3.05) is 33.4 Å². The van der Waals surface area contributed by atoms with Crippen molar-refractivity contribution in [1.29, 1.82) is 0 Å². The first kappa shape index (κ1) is 17.7. The molecule has 1 aliphatic rings. The molecule has 6 heteroatoms. The van der Waals surface area contributed by atoms with E-state index < -0.39 is 11.7 Å². The van der Waals surface area contributed by atoms with Gasteiger partial charge in [0.25, 0.3) is 5.91 Å². The zero-order chi connectivity index (χ0) is 16.7. The van der Waals surface area contributed by atoms with E-state index in [1.165, 1.54) is 0 Å². The van der Waals surface area contributed by atoms with Crippen LogP contribution in [0, 0.1) is 6.92 Å². The van der Waals surface area contributed by atoms with Gasteiger partial charge in [-0.25, -0.2) is 0 Å². The van der Waals surface area contributed by atoms with Gasteiger partial charge in [0, 0.05) is 13.7 Å². The molecule has 128 valence electrons. The highest BCUT2D eigenvalue weighted by Crippen LogP contribution is 2.22. The number of ether oxygens (including phenoxy) is 2. The topological polar surface area (TPSA) is 79.8 Å². The number of carbonyl (C=O) groups excluding carboxylic acids is 1. The van der Waals surface area contributed by atoms with Crippen LogP contribution in [-0.2, 0) is 9.53 Å². The van der Waals surface area contributed by atoms with Crippen LogP contribution >= 0.6 is 0 Å². The molecule has 1 aliphatic heterocycles. The quantitative estimate of drug-likeness (QED) is 0.686. The summed E-state index contributed by atoms with van der Waals surface area (Å²) in [5, 5.41) is 16.0. The number of nitrogens with one attached hydrogen (secondary N) is 2. The van der Waals surface area contributed by atoms with Crippen molar-refractivity contribution in [3.63, 3.8) is 0 Å². The summed E-state index contributed by atoms with van der Waals surface area (Å²) in [7, 11) is 1.56. The normalized spacial score (nSPS) is 18.2. The Morgan fingerprint density at radius 1 is 1.43 bits per heavy atom. The Balaban J connectivity index is 1.77. The number of aliphatic hydroxyl groups excluding tert-OH is 1. The predicted octanol–water partition coefficient (Wildman–Crippen LogP) is 0.620. The molecule has 6 nitrogen and oxygen atoms in total. The molecule has 0 radical (unpaired) electrons. The lowest BCUT2D eigenvalue weighted by Gasteiger charge is -2.35. The first-order chi connectivity index (χ1) is 11.1. The Morgan fingerprint density at radius 2 is 2.17 bits per heavy atom. The van der Waals surface area contributed by atoms with Crippen molar-refractivity contribution in [3.05, 3.63) is 29.8 Å². The fourth-order valence-corrected chi connectivity index (χ4v) is 2.68. The fraction of sp³-hybridized carbons (Fsp3) is 0.588. The number of methoxy groups -OCH3 is 1. The molecule has 0 bridgehead atoms. The number of amides is 1. The third-order valence-corrected chi connectivity index (χ3v) is 4.15.